The van der Waals surface area contributed by atoms with Crippen molar-refractivity contribution in [1.82, 2.24) is 14.5 Å². The van der Waals surface area contributed by atoms with E-state index in [4.69, 9.17) is 29.2 Å². The first-order valence-electron chi connectivity index (χ1n) is 13.3. The van der Waals surface area contributed by atoms with Crippen LogP contribution in [0.1, 0.15) is 45.7 Å². The molecule has 4 aromatic rings. The second kappa shape index (κ2) is 11.6. The number of halogens is 1. The Labute approximate surface area is 234 Å². The van der Waals surface area contributed by atoms with Crippen LogP contribution < -0.4 is 4.74 Å². The number of ether oxygens (including phenoxy) is 4. The van der Waals surface area contributed by atoms with Gasteiger partial charge in [-0.2, -0.15) is 5.26 Å². The summed E-state index contributed by atoms with van der Waals surface area (Å²) in [6, 6.07) is 16.3. The molecule has 2 aromatic heterocycles. The Hall–Kier alpha value is -4.37. The Kier molecular flexibility index (Phi) is 7.61. The molecule has 0 aliphatic carbocycles. The van der Waals surface area contributed by atoms with Crippen molar-refractivity contribution >= 4 is 17.0 Å². The zero-order valence-electron chi connectivity index (χ0n) is 22.0. The van der Waals surface area contributed by atoms with Crippen molar-refractivity contribution in [2.24, 2.45) is 5.92 Å². The van der Waals surface area contributed by atoms with Crippen LogP contribution in [0.25, 0.3) is 11.0 Å². The predicted molar refractivity (Wildman–Crippen MR) is 143 cm³/mol. The Morgan fingerprint density at radius 2 is 1.95 bits per heavy atom. The van der Waals surface area contributed by atoms with Crippen LogP contribution in [0.5, 0.6) is 5.88 Å². The van der Waals surface area contributed by atoms with Gasteiger partial charge in [-0.1, -0.05) is 12.1 Å². The second-order valence-corrected chi connectivity index (χ2v) is 10.1. The molecule has 4 heterocycles. The van der Waals surface area contributed by atoms with Gasteiger partial charge < -0.3 is 28.6 Å². The second-order valence-electron chi connectivity index (χ2n) is 10.1. The summed E-state index contributed by atoms with van der Waals surface area (Å²) in [5.74, 6) is -0.344. The maximum absolute atomic E-state index is 14.2. The van der Waals surface area contributed by atoms with Crippen molar-refractivity contribution in [3.63, 3.8) is 0 Å². The molecule has 0 amide bonds. The van der Waals surface area contributed by atoms with E-state index < -0.39 is 18.1 Å². The fourth-order valence-electron chi connectivity index (χ4n) is 4.92. The van der Waals surface area contributed by atoms with Crippen LogP contribution in [-0.4, -0.2) is 51.5 Å². The van der Waals surface area contributed by atoms with Crippen LogP contribution in [0.4, 0.5) is 4.39 Å². The number of imidazole rings is 1. The highest BCUT2D eigenvalue weighted by Crippen LogP contribution is 2.29. The molecule has 2 fully saturated rings. The monoisotopic (exact) mass is 558 g/mol. The quantitative estimate of drug-likeness (QED) is 0.318. The van der Waals surface area contributed by atoms with Gasteiger partial charge in [0.25, 0.3) is 0 Å². The molecule has 2 aliphatic heterocycles. The van der Waals surface area contributed by atoms with Gasteiger partial charge in [-0.3, -0.25) is 0 Å². The lowest BCUT2D eigenvalue weighted by Crippen LogP contribution is -2.33. The van der Waals surface area contributed by atoms with Gasteiger partial charge >= 0.3 is 5.97 Å². The third-order valence-corrected chi connectivity index (χ3v) is 7.24. The van der Waals surface area contributed by atoms with Crippen LogP contribution in [0, 0.1) is 23.1 Å². The summed E-state index contributed by atoms with van der Waals surface area (Å²) in [6.07, 6.45) is 0.995. The topological polar surface area (TPSA) is 129 Å². The fraction of sp³-hybridized carbons (Fsp3) is 0.333. The zero-order valence-corrected chi connectivity index (χ0v) is 22.0. The lowest BCUT2D eigenvalue weighted by molar-refractivity contribution is -0.207. The lowest BCUT2D eigenvalue weighted by Gasteiger charge is -2.30. The van der Waals surface area contributed by atoms with Crippen LogP contribution in [0.2, 0.25) is 0 Å². The number of rotatable bonds is 9. The van der Waals surface area contributed by atoms with E-state index in [0.717, 1.165) is 24.4 Å². The maximum Gasteiger partial charge on any atom is 0.335 e. The minimum absolute atomic E-state index is 0.0295. The summed E-state index contributed by atoms with van der Waals surface area (Å²) in [7, 11) is 0. The predicted octanol–water partition coefficient (Wildman–Crippen LogP) is 4.41. The molecule has 6 rings (SSSR count). The highest BCUT2D eigenvalue weighted by atomic mass is 19.1. The van der Waals surface area contributed by atoms with Crippen molar-refractivity contribution in [2.75, 3.05) is 19.8 Å². The summed E-state index contributed by atoms with van der Waals surface area (Å²) < 4.78 is 39.7. The molecule has 1 N–H and O–H groups in total. The third kappa shape index (κ3) is 5.90. The van der Waals surface area contributed by atoms with Crippen molar-refractivity contribution in [3.05, 3.63) is 88.6 Å². The number of fused-ring (bicyclic) bond motifs is 1. The number of carboxylic acid groups (broad SMARTS) is 1. The molecule has 0 unspecified atom stereocenters. The Morgan fingerprint density at radius 3 is 2.66 bits per heavy atom. The van der Waals surface area contributed by atoms with Crippen molar-refractivity contribution in [2.45, 2.75) is 38.4 Å². The number of hydrogen-bond acceptors (Lipinski definition) is 8. The normalized spacial score (nSPS) is 20.3. The van der Waals surface area contributed by atoms with E-state index in [2.05, 4.69) is 9.55 Å². The standard InChI is InChI=1S/C30H27FN4O6/c31-23-10-18(13-32)4-5-21(23)17-39-28-3-1-2-24(34-28)30-40-15-19(16-41-30)11-27-33-25-12-20(29(36)37)6-7-26(25)35(27)14-22-8-9-38-22/h1-7,10,12,19,22,30H,8-9,11,14-17H2,(H,36,37)/t19?,22-,30?/m0/s1. The van der Waals surface area contributed by atoms with Crippen molar-refractivity contribution in [3.8, 4) is 11.9 Å². The number of carboxylic acids is 1. The average Bonchev–Trinajstić information content (AvgIpc) is 3.30. The molecule has 2 saturated heterocycles. The van der Waals surface area contributed by atoms with Crippen molar-refractivity contribution in [1.29, 1.82) is 5.26 Å². The van der Waals surface area contributed by atoms with Gasteiger partial charge in [0.2, 0.25) is 12.2 Å². The number of nitriles is 1. The number of benzene rings is 2. The van der Waals surface area contributed by atoms with Crippen LogP contribution >= 0.6 is 0 Å². The molecule has 0 spiro atoms. The fourth-order valence-corrected chi connectivity index (χ4v) is 4.92. The van der Waals surface area contributed by atoms with Gasteiger partial charge in [-0.15, -0.1) is 0 Å². The van der Waals surface area contributed by atoms with E-state index in [9.17, 15) is 14.3 Å². The van der Waals surface area contributed by atoms with Gasteiger partial charge in [0.1, 0.15) is 23.9 Å². The summed E-state index contributed by atoms with van der Waals surface area (Å²) in [4.78, 5) is 20.7. The molecule has 11 heteroatoms. The van der Waals surface area contributed by atoms with Crippen LogP contribution in [0.3, 0.4) is 0 Å². The molecular weight excluding hydrogens is 531 g/mol. The average molecular weight is 559 g/mol. The first-order chi connectivity index (χ1) is 20.0. The molecule has 0 bridgehead atoms. The largest absolute Gasteiger partial charge is 0.478 e. The summed E-state index contributed by atoms with van der Waals surface area (Å²) >= 11 is 0. The molecular formula is C30H27FN4O6. The number of aromatic nitrogens is 3. The lowest BCUT2D eigenvalue weighted by atomic mass is 10.1. The summed E-state index contributed by atoms with van der Waals surface area (Å²) in [6.45, 7) is 2.19. The molecule has 210 valence electrons. The first-order valence-corrected chi connectivity index (χ1v) is 13.3. The molecule has 2 aliphatic rings. The summed E-state index contributed by atoms with van der Waals surface area (Å²) in [5.41, 5.74) is 2.81. The summed E-state index contributed by atoms with van der Waals surface area (Å²) in [5, 5.41) is 18.3. The van der Waals surface area contributed by atoms with Gasteiger partial charge in [-0.05, 0) is 42.8 Å². The van der Waals surface area contributed by atoms with E-state index in [0.29, 0.717) is 48.8 Å². The van der Waals surface area contributed by atoms with Gasteiger partial charge in [0.15, 0.2) is 0 Å². The Morgan fingerprint density at radius 1 is 1.12 bits per heavy atom. The molecule has 2 aromatic carbocycles. The maximum atomic E-state index is 14.2. The van der Waals surface area contributed by atoms with E-state index in [-0.39, 0.29) is 29.8 Å². The molecule has 1 atom stereocenters. The number of hydrogen-bond donors (Lipinski definition) is 1. The number of pyridine rings is 1. The zero-order chi connectivity index (χ0) is 28.3. The minimum Gasteiger partial charge on any atom is -0.478 e. The SMILES string of the molecule is N#Cc1ccc(COc2cccc(C3OCC(Cc4nc5cc(C(=O)O)ccc5n4C[C@@H]4CCO4)CO3)n2)c(F)c1. The van der Waals surface area contributed by atoms with Gasteiger partial charge in [0.05, 0.1) is 54.1 Å². The molecule has 10 nitrogen and oxygen atoms in total. The minimum atomic E-state index is -0.991. The third-order valence-electron chi connectivity index (χ3n) is 7.24. The van der Waals surface area contributed by atoms with E-state index in [1.54, 1.807) is 36.4 Å². The van der Waals surface area contributed by atoms with E-state index in [1.165, 1.54) is 18.2 Å². The van der Waals surface area contributed by atoms with E-state index in [1.807, 2.05) is 6.07 Å². The number of carbonyl (C=O) groups is 1. The molecule has 0 saturated carbocycles. The highest BCUT2D eigenvalue weighted by Gasteiger charge is 2.28. The number of aromatic carboxylic acids is 1. The highest BCUT2D eigenvalue weighted by molar-refractivity contribution is 5.92. The Bertz CT molecular complexity index is 1620. The smallest absolute Gasteiger partial charge is 0.335 e. The number of nitrogens with zero attached hydrogens (tertiary/aromatic N) is 4. The van der Waals surface area contributed by atoms with Crippen molar-refractivity contribution < 1.29 is 33.2 Å². The van der Waals surface area contributed by atoms with Gasteiger partial charge in [-0.25, -0.2) is 19.2 Å². The van der Waals surface area contributed by atoms with Crippen LogP contribution in [0.15, 0.2) is 54.6 Å². The first kappa shape index (κ1) is 26.8. The molecule has 0 radical (unpaired) electrons. The Balaban J connectivity index is 1.10. The van der Waals surface area contributed by atoms with Gasteiger partial charge in [0, 0.05) is 30.6 Å². The van der Waals surface area contributed by atoms with E-state index >= 15 is 0 Å². The van der Waals surface area contributed by atoms with Crippen LogP contribution in [-0.2, 0) is 33.8 Å². The molecule has 41 heavy (non-hydrogen) atoms.